The molecule has 0 heterocycles. The summed E-state index contributed by atoms with van der Waals surface area (Å²) in [5, 5.41) is 7.08. The van der Waals surface area contributed by atoms with E-state index in [1.165, 1.54) is 6.07 Å². The summed E-state index contributed by atoms with van der Waals surface area (Å²) in [6, 6.07) is 9.07. The number of para-hydroxylation sites is 1. The Morgan fingerprint density at radius 2 is 1.57 bits per heavy atom. The summed E-state index contributed by atoms with van der Waals surface area (Å²) in [6.07, 6.45) is 0.226. The second-order valence-electron chi connectivity index (χ2n) is 4.72. The predicted molar refractivity (Wildman–Crippen MR) is 83.2 cm³/mol. The van der Waals surface area contributed by atoms with Crippen LogP contribution in [0.1, 0.15) is 5.56 Å². The number of likely N-dealkylation sites (N-methyl/N-ethyl adjacent to an activating group) is 1. The van der Waals surface area contributed by atoms with E-state index in [1.807, 2.05) is 0 Å². The lowest BCUT2D eigenvalue weighted by Crippen LogP contribution is -2.21. The fraction of sp³-hybridized carbons (Fsp3) is 0.125. The summed E-state index contributed by atoms with van der Waals surface area (Å²) in [5.74, 6) is -1.85. The number of halogens is 2. The maximum Gasteiger partial charge on any atom is 0.323 e. The van der Waals surface area contributed by atoms with Gasteiger partial charge in [-0.15, -0.1) is 0 Å². The zero-order valence-electron chi connectivity index (χ0n) is 12.3. The molecule has 0 spiro atoms. The Kier molecular flexibility index (Phi) is 5.24. The van der Waals surface area contributed by atoms with Crippen molar-refractivity contribution in [3.8, 4) is 0 Å². The molecule has 2 aromatic rings. The van der Waals surface area contributed by atoms with E-state index in [4.69, 9.17) is 0 Å². The van der Waals surface area contributed by atoms with Gasteiger partial charge >= 0.3 is 6.03 Å². The first-order valence-corrected chi connectivity index (χ1v) is 6.81. The Bertz CT molecular complexity index is 698. The lowest BCUT2D eigenvalue weighted by atomic mass is 10.1. The van der Waals surface area contributed by atoms with Crippen molar-refractivity contribution >= 4 is 23.3 Å². The molecule has 0 aliphatic rings. The minimum absolute atomic E-state index is 0.126. The van der Waals surface area contributed by atoms with Gasteiger partial charge in [-0.2, -0.15) is 0 Å². The number of anilines is 2. The van der Waals surface area contributed by atoms with Crippen LogP contribution in [0, 0.1) is 11.6 Å². The van der Waals surface area contributed by atoms with E-state index < -0.39 is 23.4 Å². The summed E-state index contributed by atoms with van der Waals surface area (Å²) in [7, 11) is 1.55. The van der Waals surface area contributed by atoms with Crippen LogP contribution in [-0.2, 0) is 11.2 Å². The van der Waals surface area contributed by atoms with Crippen molar-refractivity contribution in [2.24, 2.45) is 0 Å². The fourth-order valence-electron chi connectivity index (χ4n) is 1.87. The van der Waals surface area contributed by atoms with Gasteiger partial charge in [0.1, 0.15) is 17.3 Å². The largest absolute Gasteiger partial charge is 0.359 e. The normalized spacial score (nSPS) is 10.0. The van der Waals surface area contributed by atoms with Gasteiger partial charge in [-0.3, -0.25) is 4.79 Å². The maximum atomic E-state index is 13.4. The summed E-state index contributed by atoms with van der Waals surface area (Å²) in [4.78, 5) is 23.0. The second-order valence-corrected chi connectivity index (χ2v) is 4.72. The van der Waals surface area contributed by atoms with Gasteiger partial charge in [0.25, 0.3) is 0 Å². The molecule has 5 nitrogen and oxygen atoms in total. The number of benzene rings is 2. The molecule has 0 saturated heterocycles. The van der Waals surface area contributed by atoms with Gasteiger partial charge in [0.2, 0.25) is 5.91 Å². The fourth-order valence-corrected chi connectivity index (χ4v) is 1.87. The van der Waals surface area contributed by atoms with Crippen molar-refractivity contribution in [3.63, 3.8) is 0 Å². The first kappa shape index (κ1) is 16.4. The van der Waals surface area contributed by atoms with Crippen LogP contribution in [0.4, 0.5) is 25.0 Å². The Morgan fingerprint density at radius 1 is 0.957 bits per heavy atom. The standard InChI is InChI=1S/C16H15F2N3O2/c1-19-14(22)9-10-5-7-11(8-6-10)20-16(23)21-15-12(17)3-2-4-13(15)18/h2-8H,9H2,1H3,(H,19,22)(H2,20,21,23). The first-order chi connectivity index (χ1) is 11.0. The summed E-state index contributed by atoms with van der Waals surface area (Å²) in [6.45, 7) is 0. The summed E-state index contributed by atoms with van der Waals surface area (Å²) in [5.41, 5.74) is 0.691. The number of hydrogen-bond acceptors (Lipinski definition) is 2. The molecule has 0 aliphatic heterocycles. The van der Waals surface area contributed by atoms with Gasteiger partial charge in [-0.1, -0.05) is 18.2 Å². The lowest BCUT2D eigenvalue weighted by Gasteiger charge is -2.09. The zero-order chi connectivity index (χ0) is 16.8. The van der Waals surface area contributed by atoms with Crippen LogP contribution in [-0.4, -0.2) is 19.0 Å². The van der Waals surface area contributed by atoms with Crippen molar-refractivity contribution in [1.82, 2.24) is 5.32 Å². The molecule has 0 radical (unpaired) electrons. The van der Waals surface area contributed by atoms with E-state index in [0.717, 1.165) is 17.7 Å². The molecule has 2 aromatic carbocycles. The molecule has 7 heteroatoms. The molecule has 0 bridgehead atoms. The van der Waals surface area contributed by atoms with Crippen LogP contribution in [0.15, 0.2) is 42.5 Å². The van der Waals surface area contributed by atoms with E-state index in [9.17, 15) is 18.4 Å². The van der Waals surface area contributed by atoms with Crippen LogP contribution >= 0.6 is 0 Å². The Labute approximate surface area is 131 Å². The van der Waals surface area contributed by atoms with Crippen LogP contribution in [0.2, 0.25) is 0 Å². The molecule has 0 fully saturated rings. The Hall–Kier alpha value is -2.96. The molecule has 0 saturated carbocycles. The van der Waals surface area contributed by atoms with E-state index in [2.05, 4.69) is 16.0 Å². The molecular weight excluding hydrogens is 304 g/mol. The quantitative estimate of drug-likeness (QED) is 0.811. The van der Waals surface area contributed by atoms with Crippen molar-refractivity contribution in [2.75, 3.05) is 17.7 Å². The third kappa shape index (κ3) is 4.50. The highest BCUT2D eigenvalue weighted by Gasteiger charge is 2.11. The first-order valence-electron chi connectivity index (χ1n) is 6.81. The third-order valence-electron chi connectivity index (χ3n) is 3.06. The molecule has 0 aliphatic carbocycles. The SMILES string of the molecule is CNC(=O)Cc1ccc(NC(=O)Nc2c(F)cccc2F)cc1. The Morgan fingerprint density at radius 3 is 2.13 bits per heavy atom. The maximum absolute atomic E-state index is 13.4. The van der Waals surface area contributed by atoms with E-state index in [-0.39, 0.29) is 12.3 Å². The molecule has 3 N–H and O–H groups in total. The Balaban J connectivity index is 1.99. The molecular formula is C16H15F2N3O2. The predicted octanol–water partition coefficient (Wildman–Crippen LogP) is 2.90. The number of urea groups is 1. The second kappa shape index (κ2) is 7.35. The summed E-state index contributed by atoms with van der Waals surface area (Å²) < 4.78 is 26.9. The minimum atomic E-state index is -0.860. The average molecular weight is 319 g/mol. The van der Waals surface area contributed by atoms with Crippen LogP contribution < -0.4 is 16.0 Å². The minimum Gasteiger partial charge on any atom is -0.359 e. The monoisotopic (exact) mass is 319 g/mol. The molecule has 0 aromatic heterocycles. The van der Waals surface area contributed by atoms with Gasteiger partial charge in [-0.25, -0.2) is 13.6 Å². The van der Waals surface area contributed by atoms with Gasteiger partial charge < -0.3 is 16.0 Å². The zero-order valence-corrected chi connectivity index (χ0v) is 12.3. The van der Waals surface area contributed by atoms with E-state index in [0.29, 0.717) is 5.69 Å². The molecule has 3 amide bonds. The van der Waals surface area contributed by atoms with Gasteiger partial charge in [0.05, 0.1) is 6.42 Å². The number of rotatable bonds is 4. The lowest BCUT2D eigenvalue weighted by molar-refractivity contribution is -0.119. The smallest absolute Gasteiger partial charge is 0.323 e. The number of carbonyl (C=O) groups excluding carboxylic acids is 2. The molecule has 120 valence electrons. The van der Waals surface area contributed by atoms with Crippen LogP contribution in [0.25, 0.3) is 0 Å². The van der Waals surface area contributed by atoms with Gasteiger partial charge in [-0.05, 0) is 29.8 Å². The highest BCUT2D eigenvalue weighted by atomic mass is 19.1. The van der Waals surface area contributed by atoms with Gasteiger partial charge in [0, 0.05) is 12.7 Å². The molecule has 23 heavy (non-hydrogen) atoms. The topological polar surface area (TPSA) is 70.2 Å². The summed E-state index contributed by atoms with van der Waals surface area (Å²) >= 11 is 0. The highest BCUT2D eigenvalue weighted by Crippen LogP contribution is 2.18. The molecule has 0 atom stereocenters. The van der Waals surface area contributed by atoms with Crippen molar-refractivity contribution < 1.29 is 18.4 Å². The number of carbonyl (C=O) groups is 2. The highest BCUT2D eigenvalue weighted by molar-refractivity contribution is 5.99. The number of nitrogens with one attached hydrogen (secondary N) is 3. The van der Waals surface area contributed by atoms with Crippen molar-refractivity contribution in [1.29, 1.82) is 0 Å². The van der Waals surface area contributed by atoms with Crippen molar-refractivity contribution in [3.05, 3.63) is 59.7 Å². The molecule has 0 unspecified atom stereocenters. The molecule has 2 rings (SSSR count). The van der Waals surface area contributed by atoms with Gasteiger partial charge in [0.15, 0.2) is 0 Å². The van der Waals surface area contributed by atoms with E-state index >= 15 is 0 Å². The van der Waals surface area contributed by atoms with Crippen LogP contribution in [0.5, 0.6) is 0 Å². The van der Waals surface area contributed by atoms with Crippen molar-refractivity contribution in [2.45, 2.75) is 6.42 Å². The number of amides is 3. The average Bonchev–Trinajstić information content (AvgIpc) is 2.53. The number of hydrogen-bond donors (Lipinski definition) is 3. The van der Waals surface area contributed by atoms with Crippen LogP contribution in [0.3, 0.4) is 0 Å². The van der Waals surface area contributed by atoms with E-state index in [1.54, 1.807) is 31.3 Å². The third-order valence-corrected chi connectivity index (χ3v) is 3.06.